The second kappa shape index (κ2) is 9.96. The highest BCUT2D eigenvalue weighted by atomic mass is 16.2. The Balaban J connectivity index is 1.48. The third-order valence-corrected chi connectivity index (χ3v) is 6.58. The molecule has 1 amide bonds. The Labute approximate surface area is 229 Å². The van der Waals surface area contributed by atoms with Crippen molar-refractivity contribution in [3.8, 4) is 17.5 Å². The Morgan fingerprint density at radius 1 is 1.05 bits per heavy atom. The van der Waals surface area contributed by atoms with Gasteiger partial charge in [0.1, 0.15) is 17.7 Å². The van der Waals surface area contributed by atoms with Crippen LogP contribution in [0.4, 0.5) is 0 Å². The fraction of sp³-hybridized carbons (Fsp3) is 0.133. The highest BCUT2D eigenvalue weighted by molar-refractivity contribution is 6.01. The fourth-order valence-corrected chi connectivity index (χ4v) is 4.67. The van der Waals surface area contributed by atoms with Crippen LogP contribution in [0.25, 0.3) is 22.2 Å². The molecular formula is C30H24N8O2. The number of carbonyl (C=O) groups excluding carboxylic acids is 1. The summed E-state index contributed by atoms with van der Waals surface area (Å²) >= 11 is 0. The summed E-state index contributed by atoms with van der Waals surface area (Å²) in [5, 5.41) is 7.56. The number of para-hydroxylation sites is 1. The number of amides is 1. The zero-order valence-corrected chi connectivity index (χ0v) is 22.0. The number of benzene rings is 2. The summed E-state index contributed by atoms with van der Waals surface area (Å²) < 4.78 is 4.89. The van der Waals surface area contributed by atoms with E-state index in [9.17, 15) is 9.59 Å². The number of nitrogens with zero attached hydrogens (tertiary/aromatic N) is 7. The van der Waals surface area contributed by atoms with Crippen LogP contribution in [0.5, 0.6) is 0 Å². The van der Waals surface area contributed by atoms with Crippen molar-refractivity contribution in [1.82, 2.24) is 39.0 Å². The van der Waals surface area contributed by atoms with Crippen LogP contribution in [0.1, 0.15) is 46.0 Å². The third-order valence-electron chi connectivity index (χ3n) is 6.58. The van der Waals surface area contributed by atoms with Gasteiger partial charge in [-0.2, -0.15) is 5.10 Å². The lowest BCUT2D eigenvalue weighted by molar-refractivity contribution is 0.0938. The Hall–Kier alpha value is -5.56. The third kappa shape index (κ3) is 4.39. The second-order valence-electron chi connectivity index (χ2n) is 9.36. The Bertz CT molecular complexity index is 2030. The lowest BCUT2D eigenvalue weighted by atomic mass is 10.1. The molecule has 196 valence electrons. The lowest BCUT2D eigenvalue weighted by Gasteiger charge is -2.20. The quantitative estimate of drug-likeness (QED) is 0.351. The molecule has 4 aromatic heterocycles. The number of aryl methyl sites for hydroxylation is 2. The van der Waals surface area contributed by atoms with Gasteiger partial charge < -0.3 is 5.32 Å². The number of nitrogens with one attached hydrogen (secondary N) is 1. The van der Waals surface area contributed by atoms with Gasteiger partial charge in [-0.1, -0.05) is 36.1 Å². The van der Waals surface area contributed by atoms with E-state index >= 15 is 0 Å². The van der Waals surface area contributed by atoms with Crippen molar-refractivity contribution in [3.63, 3.8) is 0 Å². The minimum atomic E-state index is -0.635. The minimum Gasteiger partial charge on any atom is -0.342 e. The van der Waals surface area contributed by atoms with Crippen LogP contribution in [0.3, 0.4) is 0 Å². The predicted molar refractivity (Wildman–Crippen MR) is 150 cm³/mol. The molecule has 0 spiro atoms. The van der Waals surface area contributed by atoms with Crippen LogP contribution >= 0.6 is 0 Å². The summed E-state index contributed by atoms with van der Waals surface area (Å²) in [6, 6.07) is 14.0. The molecule has 4 heterocycles. The normalized spacial score (nSPS) is 11.8. The van der Waals surface area contributed by atoms with Crippen LogP contribution < -0.4 is 10.9 Å². The van der Waals surface area contributed by atoms with E-state index in [2.05, 4.69) is 32.2 Å². The van der Waals surface area contributed by atoms with Gasteiger partial charge in [0.15, 0.2) is 5.65 Å². The number of aromatic nitrogens is 7. The van der Waals surface area contributed by atoms with Gasteiger partial charge in [-0.3, -0.25) is 23.2 Å². The lowest BCUT2D eigenvalue weighted by Crippen LogP contribution is -2.34. The molecule has 0 saturated carbocycles. The van der Waals surface area contributed by atoms with Gasteiger partial charge in [-0.15, -0.1) is 0 Å². The Morgan fingerprint density at radius 2 is 1.88 bits per heavy atom. The maximum absolute atomic E-state index is 14.1. The molecule has 1 unspecified atom stereocenters. The Morgan fingerprint density at radius 3 is 2.65 bits per heavy atom. The predicted octanol–water partition coefficient (Wildman–Crippen LogP) is 3.36. The first-order chi connectivity index (χ1) is 19.4. The highest BCUT2D eigenvalue weighted by Crippen LogP contribution is 2.21. The van der Waals surface area contributed by atoms with Crippen LogP contribution in [0, 0.1) is 18.8 Å². The van der Waals surface area contributed by atoms with Crippen molar-refractivity contribution in [3.05, 3.63) is 118 Å². The van der Waals surface area contributed by atoms with E-state index in [-0.39, 0.29) is 11.5 Å². The number of rotatable bonds is 4. The number of carbonyl (C=O) groups is 1. The largest absolute Gasteiger partial charge is 0.342 e. The molecule has 0 radical (unpaired) electrons. The van der Waals surface area contributed by atoms with Crippen molar-refractivity contribution in [2.24, 2.45) is 7.05 Å². The molecular weight excluding hydrogens is 504 g/mol. The van der Waals surface area contributed by atoms with Crippen molar-refractivity contribution in [2.45, 2.75) is 19.9 Å². The van der Waals surface area contributed by atoms with Crippen molar-refractivity contribution >= 4 is 22.5 Å². The van der Waals surface area contributed by atoms with E-state index in [1.807, 2.05) is 49.6 Å². The molecule has 0 saturated heterocycles. The van der Waals surface area contributed by atoms with Crippen molar-refractivity contribution in [1.29, 1.82) is 0 Å². The summed E-state index contributed by atoms with van der Waals surface area (Å²) in [4.78, 5) is 41.2. The van der Waals surface area contributed by atoms with Gasteiger partial charge in [0.2, 0.25) is 0 Å². The first-order valence-electron chi connectivity index (χ1n) is 12.6. The summed E-state index contributed by atoms with van der Waals surface area (Å²) in [6.45, 7) is 3.56. The fourth-order valence-electron chi connectivity index (χ4n) is 4.67. The summed E-state index contributed by atoms with van der Waals surface area (Å²) in [7, 11) is 1.82. The first-order valence-corrected chi connectivity index (χ1v) is 12.6. The zero-order valence-electron chi connectivity index (χ0n) is 22.0. The first kappa shape index (κ1) is 24.8. The van der Waals surface area contributed by atoms with Gasteiger partial charge in [-0.25, -0.2) is 15.0 Å². The SMILES string of the molecule is Cc1ncn2ccnc2c1C(=O)NC(C)c1nc2cccc(C#Cc3cnn(C)c3)c2c(=O)n1-c1ccccc1. The van der Waals surface area contributed by atoms with Crippen LogP contribution in [0.2, 0.25) is 0 Å². The summed E-state index contributed by atoms with van der Waals surface area (Å²) in [5.74, 6) is 6.22. The summed E-state index contributed by atoms with van der Waals surface area (Å²) in [5.41, 5.74) is 3.53. The van der Waals surface area contributed by atoms with Gasteiger partial charge in [0.25, 0.3) is 11.5 Å². The number of hydrogen-bond acceptors (Lipinski definition) is 6. The monoisotopic (exact) mass is 528 g/mol. The van der Waals surface area contributed by atoms with Gasteiger partial charge in [0.05, 0.1) is 40.1 Å². The Kier molecular flexibility index (Phi) is 6.16. The molecule has 0 aliphatic rings. The minimum absolute atomic E-state index is 0.281. The highest BCUT2D eigenvalue weighted by Gasteiger charge is 2.23. The zero-order chi connectivity index (χ0) is 27.8. The van der Waals surface area contributed by atoms with Crippen LogP contribution in [-0.4, -0.2) is 39.6 Å². The molecule has 10 nitrogen and oxygen atoms in total. The molecule has 0 bridgehead atoms. The van der Waals surface area contributed by atoms with E-state index in [0.717, 1.165) is 5.56 Å². The van der Waals surface area contributed by atoms with E-state index < -0.39 is 6.04 Å². The van der Waals surface area contributed by atoms with Crippen molar-refractivity contribution < 1.29 is 4.79 Å². The van der Waals surface area contributed by atoms with Crippen molar-refractivity contribution in [2.75, 3.05) is 0 Å². The molecule has 6 aromatic rings. The molecule has 1 N–H and O–H groups in total. The van der Waals surface area contributed by atoms with E-state index in [1.54, 1.807) is 60.0 Å². The van der Waals surface area contributed by atoms with Crippen LogP contribution in [0.15, 0.2) is 84.4 Å². The summed E-state index contributed by atoms with van der Waals surface area (Å²) in [6.07, 6.45) is 8.44. The number of fused-ring (bicyclic) bond motifs is 2. The molecule has 6 rings (SSSR count). The average Bonchev–Trinajstić information content (AvgIpc) is 3.60. The molecule has 0 fully saturated rings. The number of imidazole rings is 1. The molecule has 1 atom stereocenters. The van der Waals surface area contributed by atoms with Gasteiger partial charge >= 0.3 is 0 Å². The van der Waals surface area contributed by atoms with E-state index in [4.69, 9.17) is 4.98 Å². The molecule has 10 heteroatoms. The van der Waals surface area contributed by atoms with E-state index in [1.165, 1.54) is 4.57 Å². The molecule has 2 aromatic carbocycles. The number of hydrogen-bond donors (Lipinski definition) is 1. The maximum atomic E-state index is 14.1. The second-order valence-corrected chi connectivity index (χ2v) is 9.36. The average molecular weight is 529 g/mol. The molecule has 0 aliphatic carbocycles. The molecule has 40 heavy (non-hydrogen) atoms. The van der Waals surface area contributed by atoms with E-state index in [0.29, 0.717) is 44.9 Å². The van der Waals surface area contributed by atoms with Crippen LogP contribution in [-0.2, 0) is 7.05 Å². The standard InChI is InChI=1S/C30H24N8O2/c1-19-25(28-31-14-15-37(28)18-32-19)29(39)34-20(2)27-35-24-11-7-8-22(13-12-21-16-33-36(3)17-21)26(24)30(40)38(27)23-9-5-4-6-10-23/h4-11,14-18,20H,1-3H3,(H,34,39). The van der Waals surface area contributed by atoms with Gasteiger partial charge in [0, 0.05) is 31.2 Å². The topological polar surface area (TPSA) is 112 Å². The maximum Gasteiger partial charge on any atom is 0.267 e. The smallest absolute Gasteiger partial charge is 0.267 e. The molecule has 0 aliphatic heterocycles. The van der Waals surface area contributed by atoms with Gasteiger partial charge in [-0.05, 0) is 38.1 Å².